The Kier molecular flexibility index (Phi) is 4.23. The van der Waals surface area contributed by atoms with Gasteiger partial charge in [0.25, 0.3) is 0 Å². The van der Waals surface area contributed by atoms with Gasteiger partial charge in [-0.1, -0.05) is 6.07 Å². The predicted octanol–water partition coefficient (Wildman–Crippen LogP) is 3.62. The molecule has 0 saturated heterocycles. The number of ether oxygens (including phenoxy) is 1. The standard InChI is InChI=1S/C14H16N2OS/c1-10(15)13-4-3-9-16-14(13)17-11-5-7-12(18-2)8-6-11/h3-10H,15H2,1-2H3/t10-/m1/s1. The summed E-state index contributed by atoms with van der Waals surface area (Å²) >= 11 is 1.70. The van der Waals surface area contributed by atoms with Gasteiger partial charge in [0.15, 0.2) is 0 Å². The first kappa shape index (κ1) is 12.9. The van der Waals surface area contributed by atoms with Crippen LogP contribution >= 0.6 is 11.8 Å². The zero-order valence-corrected chi connectivity index (χ0v) is 11.3. The van der Waals surface area contributed by atoms with Gasteiger partial charge in [0.2, 0.25) is 5.88 Å². The summed E-state index contributed by atoms with van der Waals surface area (Å²) < 4.78 is 5.77. The third kappa shape index (κ3) is 3.03. The van der Waals surface area contributed by atoms with Gasteiger partial charge in [0, 0.05) is 22.7 Å². The van der Waals surface area contributed by atoms with Crippen molar-refractivity contribution in [2.75, 3.05) is 6.26 Å². The fourth-order valence-electron chi connectivity index (χ4n) is 1.59. The van der Waals surface area contributed by atoms with Crippen LogP contribution in [0, 0.1) is 0 Å². The number of rotatable bonds is 4. The molecular formula is C14H16N2OS. The summed E-state index contributed by atoms with van der Waals surface area (Å²) in [6.07, 6.45) is 3.75. The van der Waals surface area contributed by atoms with Crippen LogP contribution in [-0.4, -0.2) is 11.2 Å². The summed E-state index contributed by atoms with van der Waals surface area (Å²) in [5.41, 5.74) is 6.80. The zero-order chi connectivity index (χ0) is 13.0. The lowest BCUT2D eigenvalue weighted by molar-refractivity contribution is 0.452. The third-order valence-electron chi connectivity index (χ3n) is 2.57. The van der Waals surface area contributed by atoms with Crippen LogP contribution in [0.4, 0.5) is 0 Å². The first-order chi connectivity index (χ1) is 8.70. The number of thioether (sulfide) groups is 1. The van der Waals surface area contributed by atoms with E-state index in [9.17, 15) is 0 Å². The minimum Gasteiger partial charge on any atom is -0.439 e. The van der Waals surface area contributed by atoms with Crippen molar-refractivity contribution in [2.24, 2.45) is 5.73 Å². The smallest absolute Gasteiger partial charge is 0.223 e. The van der Waals surface area contributed by atoms with Gasteiger partial charge in [-0.3, -0.25) is 0 Å². The van der Waals surface area contributed by atoms with E-state index in [4.69, 9.17) is 10.5 Å². The molecule has 0 radical (unpaired) electrons. The molecule has 0 spiro atoms. The Hall–Kier alpha value is -1.52. The monoisotopic (exact) mass is 260 g/mol. The number of hydrogen-bond donors (Lipinski definition) is 1. The molecule has 0 aliphatic rings. The fraction of sp³-hybridized carbons (Fsp3) is 0.214. The Labute approximate surface area is 111 Å². The third-order valence-corrected chi connectivity index (χ3v) is 3.31. The molecule has 0 aliphatic heterocycles. The molecule has 94 valence electrons. The molecule has 2 aromatic rings. The summed E-state index contributed by atoms with van der Waals surface area (Å²) in [6, 6.07) is 11.6. The maximum atomic E-state index is 5.89. The molecule has 0 aliphatic carbocycles. The average Bonchev–Trinajstić information content (AvgIpc) is 2.40. The van der Waals surface area contributed by atoms with Crippen LogP contribution in [0.15, 0.2) is 47.5 Å². The zero-order valence-electron chi connectivity index (χ0n) is 10.5. The van der Waals surface area contributed by atoms with Crippen LogP contribution in [0.2, 0.25) is 0 Å². The van der Waals surface area contributed by atoms with Gasteiger partial charge in [-0.15, -0.1) is 11.8 Å². The largest absolute Gasteiger partial charge is 0.439 e. The molecule has 1 heterocycles. The molecule has 0 saturated carbocycles. The molecule has 0 fully saturated rings. The van der Waals surface area contributed by atoms with Crippen LogP contribution in [0.5, 0.6) is 11.6 Å². The minimum absolute atomic E-state index is 0.0980. The van der Waals surface area contributed by atoms with Gasteiger partial charge in [-0.25, -0.2) is 4.98 Å². The molecule has 2 N–H and O–H groups in total. The molecule has 18 heavy (non-hydrogen) atoms. The van der Waals surface area contributed by atoms with Crippen LogP contribution in [0.25, 0.3) is 0 Å². The molecular weight excluding hydrogens is 244 g/mol. The van der Waals surface area contributed by atoms with Crippen molar-refractivity contribution in [3.63, 3.8) is 0 Å². The van der Waals surface area contributed by atoms with Crippen molar-refractivity contribution < 1.29 is 4.74 Å². The quantitative estimate of drug-likeness (QED) is 0.853. The molecule has 0 amide bonds. The van der Waals surface area contributed by atoms with E-state index in [1.54, 1.807) is 18.0 Å². The van der Waals surface area contributed by atoms with Crippen molar-refractivity contribution in [3.8, 4) is 11.6 Å². The summed E-state index contributed by atoms with van der Waals surface area (Å²) in [5, 5.41) is 0. The van der Waals surface area contributed by atoms with E-state index in [1.165, 1.54) is 4.90 Å². The highest BCUT2D eigenvalue weighted by Gasteiger charge is 2.09. The van der Waals surface area contributed by atoms with E-state index >= 15 is 0 Å². The van der Waals surface area contributed by atoms with E-state index in [0.29, 0.717) is 5.88 Å². The maximum absolute atomic E-state index is 5.89. The number of benzene rings is 1. The first-order valence-electron chi connectivity index (χ1n) is 5.73. The van der Waals surface area contributed by atoms with Gasteiger partial charge in [-0.2, -0.15) is 0 Å². The van der Waals surface area contributed by atoms with Crippen molar-refractivity contribution in [2.45, 2.75) is 17.9 Å². The van der Waals surface area contributed by atoms with E-state index in [1.807, 2.05) is 49.6 Å². The van der Waals surface area contributed by atoms with Crippen LogP contribution in [0.3, 0.4) is 0 Å². The number of nitrogens with two attached hydrogens (primary N) is 1. The van der Waals surface area contributed by atoms with Crippen molar-refractivity contribution >= 4 is 11.8 Å². The topological polar surface area (TPSA) is 48.1 Å². The number of aromatic nitrogens is 1. The Bertz CT molecular complexity index is 511. The van der Waals surface area contributed by atoms with Gasteiger partial charge in [-0.05, 0) is 43.5 Å². The Balaban J connectivity index is 2.22. The Morgan fingerprint density at radius 1 is 1.22 bits per heavy atom. The molecule has 3 nitrogen and oxygen atoms in total. The van der Waals surface area contributed by atoms with Crippen LogP contribution in [0.1, 0.15) is 18.5 Å². The molecule has 1 aromatic heterocycles. The average molecular weight is 260 g/mol. The molecule has 0 bridgehead atoms. The van der Waals surface area contributed by atoms with Crippen molar-refractivity contribution in [1.29, 1.82) is 0 Å². The highest BCUT2D eigenvalue weighted by atomic mass is 32.2. The minimum atomic E-state index is -0.0980. The number of nitrogens with zero attached hydrogens (tertiary/aromatic N) is 1. The predicted molar refractivity (Wildman–Crippen MR) is 75.1 cm³/mol. The summed E-state index contributed by atoms with van der Waals surface area (Å²) in [4.78, 5) is 5.43. The van der Waals surface area contributed by atoms with Gasteiger partial charge < -0.3 is 10.5 Å². The van der Waals surface area contributed by atoms with E-state index in [0.717, 1.165) is 11.3 Å². The highest BCUT2D eigenvalue weighted by Crippen LogP contribution is 2.27. The Morgan fingerprint density at radius 2 is 1.94 bits per heavy atom. The van der Waals surface area contributed by atoms with Crippen LogP contribution < -0.4 is 10.5 Å². The van der Waals surface area contributed by atoms with E-state index in [2.05, 4.69) is 4.98 Å². The second-order valence-corrected chi connectivity index (χ2v) is 4.84. The maximum Gasteiger partial charge on any atom is 0.223 e. The normalized spacial score (nSPS) is 12.2. The van der Waals surface area contributed by atoms with E-state index < -0.39 is 0 Å². The van der Waals surface area contributed by atoms with Gasteiger partial charge in [0.05, 0.1) is 0 Å². The molecule has 1 atom stereocenters. The highest BCUT2D eigenvalue weighted by molar-refractivity contribution is 7.98. The van der Waals surface area contributed by atoms with Crippen molar-refractivity contribution in [1.82, 2.24) is 4.98 Å². The lowest BCUT2D eigenvalue weighted by Crippen LogP contribution is -2.07. The van der Waals surface area contributed by atoms with E-state index in [-0.39, 0.29) is 6.04 Å². The number of pyridine rings is 1. The van der Waals surface area contributed by atoms with Crippen LogP contribution in [-0.2, 0) is 0 Å². The lowest BCUT2D eigenvalue weighted by Gasteiger charge is -2.12. The Morgan fingerprint density at radius 3 is 2.56 bits per heavy atom. The van der Waals surface area contributed by atoms with Gasteiger partial charge >= 0.3 is 0 Å². The second-order valence-electron chi connectivity index (χ2n) is 3.96. The molecule has 1 aromatic carbocycles. The fourth-order valence-corrected chi connectivity index (χ4v) is 2.00. The second kappa shape index (κ2) is 5.89. The molecule has 0 unspecified atom stereocenters. The summed E-state index contributed by atoms with van der Waals surface area (Å²) in [6.45, 7) is 1.92. The van der Waals surface area contributed by atoms with Crippen molar-refractivity contribution in [3.05, 3.63) is 48.2 Å². The molecule has 4 heteroatoms. The summed E-state index contributed by atoms with van der Waals surface area (Å²) in [5.74, 6) is 1.35. The first-order valence-corrected chi connectivity index (χ1v) is 6.95. The SMILES string of the molecule is CSc1ccc(Oc2ncccc2[C@@H](C)N)cc1. The summed E-state index contributed by atoms with van der Waals surface area (Å²) in [7, 11) is 0. The van der Waals surface area contributed by atoms with Gasteiger partial charge in [0.1, 0.15) is 5.75 Å². The molecule has 2 rings (SSSR count). The number of hydrogen-bond acceptors (Lipinski definition) is 4. The lowest BCUT2D eigenvalue weighted by atomic mass is 10.1.